The topological polar surface area (TPSA) is 97.4 Å². The van der Waals surface area contributed by atoms with E-state index in [9.17, 15) is 0 Å². The minimum atomic E-state index is -0.142. The van der Waals surface area contributed by atoms with Gasteiger partial charge in [-0.2, -0.15) is 0 Å². The van der Waals surface area contributed by atoms with Crippen LogP contribution < -0.4 is 19.1 Å². The van der Waals surface area contributed by atoms with Crippen LogP contribution in [0.2, 0.25) is 0 Å². The van der Waals surface area contributed by atoms with Gasteiger partial charge < -0.3 is 30.4 Å². The van der Waals surface area contributed by atoms with Gasteiger partial charge in [0.1, 0.15) is 26.2 Å². The normalized spacial score (nSPS) is 14.8. The van der Waals surface area contributed by atoms with E-state index >= 15 is 0 Å². The molecule has 9 rings (SSSR count). The van der Waals surface area contributed by atoms with E-state index in [1.807, 2.05) is 0 Å². The maximum Gasteiger partial charge on any atom is 0.244 e. The molecule has 8 aromatic rings. The zero-order valence-corrected chi connectivity index (χ0v) is 56.2. The van der Waals surface area contributed by atoms with Crippen LogP contribution in [0.1, 0.15) is 279 Å². The molecular weight excluding hydrogens is 1030 g/mol. The molecule has 0 radical (unpaired) electrons. The number of rotatable bonds is 0. The molecule has 4 aromatic heterocycles. The zero-order chi connectivity index (χ0) is 61.7. The third kappa shape index (κ3) is 14.3. The molecule has 84 heavy (non-hydrogen) atoms. The SMILES string of the molecule is CC(C)(C)c1cc2cc(c1)Cn1c[n+](c(C(C)(C)C)c1C(C)(C)C)Cc1cc(cc(C(C)(C)C)c1)Cc1nnc([n-]1)Cc1cc(cc(C(C)(C)C)c1)C[n+]1cn(c(C(C)(C)C)c1C(C)(C)C)Cc1cc(cc(C(C)(C)C)c1)Cc1nnc([n-]1)C2. The number of nitrogens with zero attached hydrogens (tertiary/aromatic N) is 10. The molecule has 0 saturated heterocycles. The first-order chi connectivity index (χ1) is 38.5. The Balaban J connectivity index is 1.22. The average molecular weight is 1130 g/mol. The smallest absolute Gasteiger partial charge is 0.244 e. The summed E-state index contributed by atoms with van der Waals surface area (Å²) in [4.78, 5) is 10.4. The van der Waals surface area contributed by atoms with Crippen molar-refractivity contribution in [1.29, 1.82) is 0 Å². The fourth-order valence-electron chi connectivity index (χ4n) is 12.7. The summed E-state index contributed by atoms with van der Waals surface area (Å²) >= 11 is 0. The highest BCUT2D eigenvalue weighted by molar-refractivity contribution is 5.41. The van der Waals surface area contributed by atoms with Crippen molar-refractivity contribution in [2.45, 2.75) is 261 Å². The molecule has 0 fully saturated rings. The summed E-state index contributed by atoms with van der Waals surface area (Å²) in [5, 5.41) is 19.2. The van der Waals surface area contributed by atoms with Gasteiger partial charge in [-0.25, -0.2) is 18.3 Å². The Morgan fingerprint density at radius 3 is 0.774 bits per heavy atom. The number of benzene rings is 4. The average Bonchev–Trinajstić information content (AvgIpc) is 2.15. The predicted octanol–water partition coefficient (Wildman–Crippen LogP) is 14.6. The lowest BCUT2D eigenvalue weighted by molar-refractivity contribution is -0.698. The molecule has 0 saturated carbocycles. The summed E-state index contributed by atoms with van der Waals surface area (Å²) in [6.07, 6.45) is 7.19. The van der Waals surface area contributed by atoms with Gasteiger partial charge in [0, 0.05) is 47.3 Å². The van der Waals surface area contributed by atoms with Gasteiger partial charge in [0.2, 0.25) is 12.7 Å². The number of hydrogen-bond acceptors (Lipinski definition) is 4. The first kappa shape index (κ1) is 62.1. The van der Waals surface area contributed by atoms with Gasteiger partial charge in [-0.05, 0) is 112 Å². The van der Waals surface area contributed by atoms with E-state index in [1.54, 1.807) is 0 Å². The predicted molar refractivity (Wildman–Crippen MR) is 343 cm³/mol. The second-order valence-electron chi connectivity index (χ2n) is 33.3. The van der Waals surface area contributed by atoms with E-state index < -0.39 is 0 Å². The Kier molecular flexibility index (Phi) is 16.1. The Morgan fingerprint density at radius 2 is 0.536 bits per heavy atom. The molecule has 10 nitrogen and oxygen atoms in total. The molecule has 0 spiro atoms. The van der Waals surface area contributed by atoms with E-state index in [-0.39, 0.29) is 43.3 Å². The lowest BCUT2D eigenvalue weighted by Crippen LogP contribution is -2.42. The Morgan fingerprint density at radius 1 is 0.298 bits per heavy atom. The van der Waals surface area contributed by atoms with Gasteiger partial charge in [-0.3, -0.25) is 0 Å². The standard InChI is InChI=1S/C74H102N10/c1-67(2,3)55-29-47-25-51(33-55)41-81-45-82(64(72(16,17)18)63(81)71(13,14)15)42-52-27-49(31-57(34-52)69(7,8)9)39-61-76-62(80-79-61)40-50-28-54(36-58(32-50)70(10,11)12)44-84-46-83(65(73(19,20)21)66(84)74(22,23)24)43-53-26-48(30-56(35-53)68(4,5)6)38-60-75-59(37-47)77-78-60/h25-36,45-46H,37-44H2,1-24H3. The molecule has 1 aliphatic heterocycles. The van der Waals surface area contributed by atoms with E-state index in [2.05, 4.69) is 270 Å². The molecule has 0 amide bonds. The summed E-state index contributed by atoms with van der Waals surface area (Å²) in [5.74, 6) is 3.02. The number of hydrogen-bond donors (Lipinski definition) is 0. The van der Waals surface area contributed by atoms with Crippen LogP contribution in [0.25, 0.3) is 0 Å². The van der Waals surface area contributed by atoms with Crippen LogP contribution in [-0.2, 0) is 95.2 Å². The molecular formula is C74H102N10. The van der Waals surface area contributed by atoms with Gasteiger partial charge in [0.05, 0.1) is 0 Å². The van der Waals surface area contributed by atoms with Crippen molar-refractivity contribution < 1.29 is 9.13 Å². The monoisotopic (exact) mass is 1130 g/mol. The summed E-state index contributed by atoms with van der Waals surface area (Å²) < 4.78 is 10.1. The van der Waals surface area contributed by atoms with E-state index in [0.717, 1.165) is 49.5 Å². The first-order valence-electron chi connectivity index (χ1n) is 31.1. The Bertz CT molecular complexity index is 3220. The minimum Gasteiger partial charge on any atom is -0.366 e. The highest BCUT2D eigenvalue weighted by Crippen LogP contribution is 2.37. The van der Waals surface area contributed by atoms with Gasteiger partial charge >= 0.3 is 0 Å². The zero-order valence-electron chi connectivity index (χ0n) is 56.2. The van der Waals surface area contributed by atoms with Gasteiger partial charge in [0.15, 0.2) is 22.8 Å². The van der Waals surface area contributed by atoms with Crippen LogP contribution >= 0.6 is 0 Å². The fourth-order valence-corrected chi connectivity index (χ4v) is 12.7. The summed E-state index contributed by atoms with van der Waals surface area (Å²) in [6, 6.07) is 28.7. The van der Waals surface area contributed by atoms with Crippen LogP contribution in [0, 0.1) is 0 Å². The molecule has 0 aliphatic carbocycles. The number of imidazole rings is 2. The Labute approximate surface area is 505 Å². The van der Waals surface area contributed by atoms with Gasteiger partial charge in [-0.15, -0.1) is 0 Å². The van der Waals surface area contributed by atoms with Crippen LogP contribution in [0.3, 0.4) is 0 Å². The van der Waals surface area contributed by atoms with E-state index in [0.29, 0.717) is 25.7 Å². The Hall–Kier alpha value is -6.42. The van der Waals surface area contributed by atoms with Crippen molar-refractivity contribution in [2.75, 3.05) is 0 Å². The maximum absolute atomic E-state index is 5.20. The van der Waals surface area contributed by atoms with Crippen molar-refractivity contribution in [3.63, 3.8) is 0 Å². The highest BCUT2D eigenvalue weighted by Gasteiger charge is 2.41. The summed E-state index contributed by atoms with van der Waals surface area (Å²) in [7, 11) is 0. The molecule has 0 N–H and O–H groups in total. The summed E-state index contributed by atoms with van der Waals surface area (Å²) in [6.45, 7) is 59.1. The fraction of sp³-hybridized carbons (Fsp3) is 0.541. The molecule has 448 valence electrons. The molecule has 10 heteroatoms. The number of aromatic nitrogens is 10. The summed E-state index contributed by atoms with van der Waals surface area (Å²) in [5.41, 5.74) is 19.6. The third-order valence-electron chi connectivity index (χ3n) is 16.6. The molecule has 0 atom stereocenters. The third-order valence-corrected chi connectivity index (χ3v) is 16.6. The van der Waals surface area contributed by atoms with Crippen molar-refractivity contribution in [3.8, 4) is 0 Å². The van der Waals surface area contributed by atoms with E-state index in [4.69, 9.17) is 30.4 Å². The largest absolute Gasteiger partial charge is 0.366 e. The lowest BCUT2D eigenvalue weighted by Gasteiger charge is -2.25. The maximum atomic E-state index is 5.20. The molecule has 16 bridgehead atoms. The van der Waals surface area contributed by atoms with Gasteiger partial charge in [0.25, 0.3) is 0 Å². The lowest BCUT2D eigenvalue weighted by atomic mass is 9.81. The van der Waals surface area contributed by atoms with Crippen LogP contribution in [0.15, 0.2) is 85.5 Å². The number of fused-ring (bicyclic) bond motifs is 16. The quantitative estimate of drug-likeness (QED) is 0.140. The van der Waals surface area contributed by atoms with Crippen molar-refractivity contribution in [3.05, 3.63) is 198 Å². The second kappa shape index (κ2) is 21.8. The van der Waals surface area contributed by atoms with Crippen LogP contribution in [-0.4, -0.2) is 29.5 Å². The van der Waals surface area contributed by atoms with Gasteiger partial charge in [-0.1, -0.05) is 239 Å². The van der Waals surface area contributed by atoms with Crippen molar-refractivity contribution >= 4 is 0 Å². The van der Waals surface area contributed by atoms with E-state index in [1.165, 1.54) is 89.5 Å². The van der Waals surface area contributed by atoms with Crippen molar-refractivity contribution in [2.24, 2.45) is 0 Å². The molecule has 1 aliphatic rings. The molecule has 0 unspecified atom stereocenters. The first-order valence-corrected chi connectivity index (χ1v) is 31.1. The van der Waals surface area contributed by atoms with Crippen LogP contribution in [0.5, 0.6) is 0 Å². The molecule has 5 heterocycles. The molecule has 4 aromatic carbocycles. The van der Waals surface area contributed by atoms with Crippen molar-refractivity contribution in [1.82, 2.24) is 39.5 Å². The van der Waals surface area contributed by atoms with Crippen LogP contribution in [0.4, 0.5) is 0 Å². The highest BCUT2D eigenvalue weighted by atomic mass is 15.2. The minimum absolute atomic E-state index is 0.0718. The second-order valence-corrected chi connectivity index (χ2v) is 33.3.